The molecule has 0 bridgehead atoms. The van der Waals surface area contributed by atoms with Crippen molar-refractivity contribution in [3.63, 3.8) is 0 Å². The van der Waals surface area contributed by atoms with Gasteiger partial charge >= 0.3 is 0 Å². The molecule has 0 aliphatic heterocycles. The predicted octanol–water partition coefficient (Wildman–Crippen LogP) is 3.97. The highest BCUT2D eigenvalue weighted by molar-refractivity contribution is 7.99. The van der Waals surface area contributed by atoms with Gasteiger partial charge in [-0.2, -0.15) is 0 Å². The number of hydrogen-bond acceptors (Lipinski definition) is 5. The highest BCUT2D eigenvalue weighted by Crippen LogP contribution is 2.30. The molecule has 138 valence electrons. The van der Waals surface area contributed by atoms with Gasteiger partial charge in [0.15, 0.2) is 5.82 Å². The molecule has 0 spiro atoms. The van der Waals surface area contributed by atoms with Crippen molar-refractivity contribution in [2.75, 3.05) is 18.1 Å². The number of carbonyl (C=O) groups excluding carboxylic acids is 1. The summed E-state index contributed by atoms with van der Waals surface area (Å²) in [6.07, 6.45) is 5.23. The number of rotatable bonds is 6. The number of aromatic nitrogens is 3. The minimum absolute atomic E-state index is 0.0380. The van der Waals surface area contributed by atoms with E-state index in [4.69, 9.17) is 29.0 Å². The Morgan fingerprint density at radius 3 is 2.88 bits per heavy atom. The van der Waals surface area contributed by atoms with Crippen LogP contribution in [0.15, 0.2) is 35.1 Å². The number of nitrogens with two attached hydrogens (primary N) is 1. The quantitative estimate of drug-likeness (QED) is 0.574. The van der Waals surface area contributed by atoms with Crippen LogP contribution in [0.5, 0.6) is 0 Å². The van der Waals surface area contributed by atoms with Crippen molar-refractivity contribution >= 4 is 40.9 Å². The van der Waals surface area contributed by atoms with E-state index in [-0.39, 0.29) is 11.7 Å². The molecule has 9 heteroatoms. The van der Waals surface area contributed by atoms with E-state index in [2.05, 4.69) is 16.3 Å². The average Bonchev–Trinajstić information content (AvgIpc) is 3.26. The highest BCUT2D eigenvalue weighted by atomic mass is 35.5. The standard InChI is InChI=1S/C17H19Cl2N5OS/c1-2-23(12-5-3-4-6-12)15(25)10-26-17-22-21-16(24(17)20)13-9-11(18)7-8-14(13)19/h5,7-9H,2-4,6,10,20H2,1H3. The lowest BCUT2D eigenvalue weighted by Crippen LogP contribution is -2.31. The van der Waals surface area contributed by atoms with Crippen molar-refractivity contribution in [3.05, 3.63) is 40.0 Å². The van der Waals surface area contributed by atoms with Gasteiger partial charge in [0.2, 0.25) is 11.1 Å². The van der Waals surface area contributed by atoms with Crippen molar-refractivity contribution in [3.8, 4) is 11.4 Å². The van der Waals surface area contributed by atoms with Gasteiger partial charge in [-0.1, -0.05) is 41.0 Å². The van der Waals surface area contributed by atoms with Crippen LogP contribution in [0.3, 0.4) is 0 Å². The van der Waals surface area contributed by atoms with Crippen LogP contribution in [0.2, 0.25) is 10.0 Å². The summed E-state index contributed by atoms with van der Waals surface area (Å²) < 4.78 is 1.33. The number of nitrogen functional groups attached to an aromatic ring is 1. The molecule has 1 aromatic heterocycles. The first kappa shape index (κ1) is 19.1. The third kappa shape index (κ3) is 4.00. The molecule has 1 aliphatic rings. The number of allylic oxidation sites excluding steroid dienone is 2. The van der Waals surface area contributed by atoms with Gasteiger partial charge in [0.25, 0.3) is 0 Å². The van der Waals surface area contributed by atoms with Gasteiger partial charge in [0.1, 0.15) is 0 Å². The van der Waals surface area contributed by atoms with Crippen LogP contribution < -0.4 is 5.84 Å². The molecule has 2 aromatic rings. The lowest BCUT2D eigenvalue weighted by molar-refractivity contribution is -0.126. The molecule has 2 N–H and O–H groups in total. The van der Waals surface area contributed by atoms with Gasteiger partial charge in [-0.25, -0.2) is 4.68 Å². The Labute approximate surface area is 166 Å². The molecule has 0 radical (unpaired) electrons. The second-order valence-electron chi connectivity index (χ2n) is 5.81. The zero-order valence-electron chi connectivity index (χ0n) is 14.3. The Morgan fingerprint density at radius 1 is 1.38 bits per heavy atom. The topological polar surface area (TPSA) is 77.0 Å². The Balaban J connectivity index is 1.72. The third-order valence-corrected chi connectivity index (χ3v) is 5.63. The summed E-state index contributed by atoms with van der Waals surface area (Å²) in [6.45, 7) is 2.64. The monoisotopic (exact) mass is 411 g/mol. The summed E-state index contributed by atoms with van der Waals surface area (Å²) in [6, 6.07) is 5.05. The zero-order valence-corrected chi connectivity index (χ0v) is 16.6. The summed E-state index contributed by atoms with van der Waals surface area (Å²) in [5.74, 6) is 6.78. The fourth-order valence-electron chi connectivity index (χ4n) is 2.87. The van der Waals surface area contributed by atoms with Gasteiger partial charge in [-0.05, 0) is 44.4 Å². The number of halogens is 2. The average molecular weight is 412 g/mol. The molecule has 0 atom stereocenters. The largest absolute Gasteiger partial charge is 0.335 e. The first-order valence-electron chi connectivity index (χ1n) is 8.29. The lowest BCUT2D eigenvalue weighted by atomic mass is 10.2. The van der Waals surface area contributed by atoms with Crippen molar-refractivity contribution in [2.24, 2.45) is 0 Å². The SMILES string of the molecule is CCN(C(=O)CSc1nnc(-c2cc(Cl)ccc2Cl)n1N)C1=CCCC1. The number of amides is 1. The first-order chi connectivity index (χ1) is 12.5. The summed E-state index contributed by atoms with van der Waals surface area (Å²) in [5, 5.41) is 9.63. The van der Waals surface area contributed by atoms with Gasteiger partial charge in [-0.3, -0.25) is 4.79 Å². The lowest BCUT2D eigenvalue weighted by Gasteiger charge is -2.21. The Bertz CT molecular complexity index is 852. The molecule has 6 nitrogen and oxygen atoms in total. The molecule has 0 unspecified atom stereocenters. The van der Waals surface area contributed by atoms with Crippen molar-refractivity contribution < 1.29 is 4.79 Å². The van der Waals surface area contributed by atoms with Crippen LogP contribution in [0, 0.1) is 0 Å². The molecule has 1 amide bonds. The number of benzene rings is 1. The predicted molar refractivity (Wildman–Crippen MR) is 106 cm³/mol. The van der Waals surface area contributed by atoms with E-state index in [1.165, 1.54) is 16.4 Å². The van der Waals surface area contributed by atoms with E-state index in [1.807, 2.05) is 11.8 Å². The number of hydrogen-bond donors (Lipinski definition) is 1. The summed E-state index contributed by atoms with van der Waals surface area (Å²) in [7, 11) is 0. The summed E-state index contributed by atoms with van der Waals surface area (Å²) >= 11 is 13.5. The molecule has 1 heterocycles. The first-order valence-corrected chi connectivity index (χ1v) is 10.0. The minimum atomic E-state index is 0.0380. The van der Waals surface area contributed by atoms with Gasteiger partial charge < -0.3 is 10.7 Å². The van der Waals surface area contributed by atoms with Crippen molar-refractivity contribution in [2.45, 2.75) is 31.3 Å². The molecule has 0 saturated heterocycles. The van der Waals surface area contributed by atoms with Gasteiger partial charge in [-0.15, -0.1) is 10.2 Å². The van der Waals surface area contributed by atoms with Crippen LogP contribution in [0.1, 0.15) is 26.2 Å². The second kappa shape index (κ2) is 8.33. The minimum Gasteiger partial charge on any atom is -0.335 e. The molecular weight excluding hydrogens is 393 g/mol. The third-order valence-electron chi connectivity index (χ3n) is 4.14. The molecule has 0 fully saturated rings. The Hall–Kier alpha value is -1.70. The Morgan fingerprint density at radius 2 is 2.19 bits per heavy atom. The number of nitrogens with zero attached hydrogens (tertiary/aromatic N) is 4. The highest BCUT2D eigenvalue weighted by Gasteiger charge is 2.21. The fourth-order valence-corrected chi connectivity index (χ4v) is 3.98. The summed E-state index contributed by atoms with van der Waals surface area (Å²) in [5.41, 5.74) is 1.71. The van der Waals surface area contributed by atoms with Crippen LogP contribution in [-0.2, 0) is 4.79 Å². The fraction of sp³-hybridized carbons (Fsp3) is 0.353. The zero-order chi connectivity index (χ0) is 18.7. The molecule has 3 rings (SSSR count). The van der Waals surface area contributed by atoms with E-state index in [0.29, 0.717) is 33.1 Å². The van der Waals surface area contributed by atoms with Gasteiger partial charge in [0, 0.05) is 22.8 Å². The number of carbonyl (C=O) groups is 1. The van der Waals surface area contributed by atoms with Crippen molar-refractivity contribution in [1.29, 1.82) is 0 Å². The molecule has 1 aliphatic carbocycles. The maximum absolute atomic E-state index is 12.5. The van der Waals surface area contributed by atoms with Crippen LogP contribution >= 0.6 is 35.0 Å². The van der Waals surface area contributed by atoms with Crippen molar-refractivity contribution in [1.82, 2.24) is 19.8 Å². The number of thioether (sulfide) groups is 1. The van der Waals surface area contributed by atoms with E-state index in [9.17, 15) is 4.79 Å². The van der Waals surface area contributed by atoms with Crippen LogP contribution in [0.4, 0.5) is 0 Å². The maximum Gasteiger partial charge on any atom is 0.237 e. The van der Waals surface area contributed by atoms with Crippen LogP contribution in [-0.4, -0.2) is 38.0 Å². The van der Waals surface area contributed by atoms with Crippen LogP contribution in [0.25, 0.3) is 11.4 Å². The molecule has 0 saturated carbocycles. The van der Waals surface area contributed by atoms with E-state index in [0.717, 1.165) is 25.0 Å². The molecule has 26 heavy (non-hydrogen) atoms. The van der Waals surface area contributed by atoms with E-state index < -0.39 is 0 Å². The van der Waals surface area contributed by atoms with Gasteiger partial charge in [0.05, 0.1) is 10.8 Å². The molecular formula is C17H19Cl2N5OS. The molecule has 1 aromatic carbocycles. The smallest absolute Gasteiger partial charge is 0.237 e. The van der Waals surface area contributed by atoms with E-state index in [1.54, 1.807) is 18.2 Å². The van der Waals surface area contributed by atoms with E-state index >= 15 is 0 Å². The summed E-state index contributed by atoms with van der Waals surface area (Å²) in [4.78, 5) is 14.4. The Kier molecular flexibility index (Phi) is 6.11. The second-order valence-corrected chi connectivity index (χ2v) is 7.60. The normalized spacial score (nSPS) is 13.7. The maximum atomic E-state index is 12.5.